The molecule has 1 aliphatic rings. The third-order valence-corrected chi connectivity index (χ3v) is 6.49. The summed E-state index contributed by atoms with van der Waals surface area (Å²) in [6.07, 6.45) is -4.40. The Morgan fingerprint density at radius 1 is 1.10 bits per heavy atom. The number of alkyl halides is 4. The first-order valence-corrected chi connectivity index (χ1v) is 11.8. The topological polar surface area (TPSA) is 128 Å². The molecule has 0 bridgehead atoms. The Hall–Kier alpha value is -4.89. The summed E-state index contributed by atoms with van der Waals surface area (Å²) in [5.74, 6) is -4.69. The van der Waals surface area contributed by atoms with Crippen LogP contribution in [-0.2, 0) is 6.18 Å². The van der Waals surface area contributed by atoms with Crippen molar-refractivity contribution in [2.45, 2.75) is 18.4 Å². The average molecular weight is 579 g/mol. The van der Waals surface area contributed by atoms with Gasteiger partial charge in [-0.2, -0.15) is 18.3 Å². The lowest BCUT2D eigenvalue weighted by atomic mass is 10.1. The molecule has 1 fully saturated rings. The van der Waals surface area contributed by atoms with Gasteiger partial charge in [-0.1, -0.05) is 0 Å². The summed E-state index contributed by atoms with van der Waals surface area (Å²) >= 11 is 0. The van der Waals surface area contributed by atoms with Crippen LogP contribution in [0.4, 0.5) is 32.2 Å². The number of nitrogens with one attached hydrogen (secondary N) is 1. The number of nitrogens with zero attached hydrogens (tertiary/aromatic N) is 5. The van der Waals surface area contributed by atoms with Gasteiger partial charge in [0.15, 0.2) is 17.5 Å². The molecule has 41 heavy (non-hydrogen) atoms. The molecule has 3 aromatic heterocycles. The van der Waals surface area contributed by atoms with E-state index >= 15 is 0 Å². The molecule has 10 nitrogen and oxygen atoms in total. The van der Waals surface area contributed by atoms with E-state index in [4.69, 9.17) is 10.5 Å². The quantitative estimate of drug-likeness (QED) is 0.348. The van der Waals surface area contributed by atoms with Crippen molar-refractivity contribution in [1.29, 1.82) is 0 Å². The van der Waals surface area contributed by atoms with Crippen LogP contribution in [0.2, 0.25) is 0 Å². The van der Waals surface area contributed by atoms with Gasteiger partial charge < -0.3 is 20.7 Å². The number of likely N-dealkylation sites (tertiary alicyclic amines) is 1. The third kappa shape index (κ3) is 5.07. The summed E-state index contributed by atoms with van der Waals surface area (Å²) < 4.78 is 88.9. The van der Waals surface area contributed by atoms with E-state index in [0.29, 0.717) is 6.07 Å². The van der Waals surface area contributed by atoms with Crippen molar-refractivity contribution in [3.8, 4) is 17.1 Å². The number of fused-ring (bicyclic) bond motifs is 1. The number of anilines is 1. The number of pyridine rings is 1. The zero-order valence-electron chi connectivity index (χ0n) is 20.9. The number of nitrogen functional groups attached to an aromatic ring is 1. The summed E-state index contributed by atoms with van der Waals surface area (Å²) in [6, 6.07) is 3.27. The van der Waals surface area contributed by atoms with E-state index in [0.717, 1.165) is 40.1 Å². The van der Waals surface area contributed by atoms with Gasteiger partial charge in [0.1, 0.15) is 23.6 Å². The van der Waals surface area contributed by atoms with Crippen molar-refractivity contribution in [3.63, 3.8) is 0 Å². The Balaban J connectivity index is 1.42. The average Bonchev–Trinajstić information content (AvgIpc) is 3.51. The Bertz CT molecular complexity index is 1680. The highest BCUT2D eigenvalue weighted by molar-refractivity contribution is 5.98. The number of amides is 2. The molecule has 1 aromatic carbocycles. The van der Waals surface area contributed by atoms with Crippen molar-refractivity contribution in [3.05, 3.63) is 71.2 Å². The van der Waals surface area contributed by atoms with E-state index in [-0.39, 0.29) is 34.8 Å². The van der Waals surface area contributed by atoms with E-state index in [1.807, 2.05) is 0 Å². The van der Waals surface area contributed by atoms with E-state index in [1.54, 1.807) is 0 Å². The maximum absolute atomic E-state index is 14.9. The number of carbonyl (C=O) groups is 2. The predicted octanol–water partition coefficient (Wildman–Crippen LogP) is 3.27. The Labute approximate surface area is 226 Å². The Morgan fingerprint density at radius 2 is 1.85 bits per heavy atom. The molecular formula is C25H19F6N7O3. The van der Waals surface area contributed by atoms with Crippen molar-refractivity contribution in [2.75, 3.05) is 25.9 Å². The number of hydrogen-bond donors (Lipinski definition) is 2. The number of rotatable bonds is 5. The molecule has 1 saturated heterocycles. The van der Waals surface area contributed by atoms with Gasteiger partial charge >= 0.3 is 6.18 Å². The normalized spacial score (nSPS) is 17.2. The number of carbonyl (C=O) groups excluding carboxylic acids is 2. The molecule has 0 saturated carbocycles. The molecule has 1 aliphatic heterocycles. The molecule has 5 rings (SSSR count). The van der Waals surface area contributed by atoms with E-state index < -0.39 is 65.3 Å². The SMILES string of the molecule is COc1ncc(-c2cc(C(F)(F)F)c3c(N)ncnn23)cc1C(=O)N[C@@H]1CN(C(=O)c2ccc(F)c(F)c2)C[C@@H]1F. The zero-order valence-corrected chi connectivity index (χ0v) is 20.9. The van der Waals surface area contributed by atoms with E-state index in [1.165, 1.54) is 13.2 Å². The standard InChI is InChI=1S/C25H19F6N7O3/c1-41-23-13(4-12(7-33-23)19-6-14(25(29,30)31)20-21(32)34-10-35-38(19)20)22(39)36-18-9-37(8-17(18)28)24(40)11-2-3-15(26)16(27)5-11/h2-7,10,17-18H,8-9H2,1H3,(H,36,39)(H2,32,34,35)/t17-,18+/m0/s1. The number of hydrogen-bond acceptors (Lipinski definition) is 7. The lowest BCUT2D eigenvalue weighted by Gasteiger charge is -2.17. The molecule has 214 valence electrons. The van der Waals surface area contributed by atoms with Crippen molar-refractivity contribution in [2.24, 2.45) is 0 Å². The fourth-order valence-electron chi connectivity index (χ4n) is 4.53. The highest BCUT2D eigenvalue weighted by Crippen LogP contribution is 2.39. The van der Waals surface area contributed by atoms with Crippen molar-refractivity contribution >= 4 is 23.1 Å². The zero-order chi connectivity index (χ0) is 29.6. The first-order chi connectivity index (χ1) is 19.4. The van der Waals surface area contributed by atoms with Crippen LogP contribution in [0.1, 0.15) is 26.3 Å². The van der Waals surface area contributed by atoms with Crippen LogP contribution in [0.5, 0.6) is 5.88 Å². The van der Waals surface area contributed by atoms with Crippen LogP contribution in [0, 0.1) is 11.6 Å². The molecule has 0 unspecified atom stereocenters. The predicted molar refractivity (Wildman–Crippen MR) is 131 cm³/mol. The van der Waals surface area contributed by atoms with Gasteiger partial charge in [0.2, 0.25) is 5.88 Å². The van der Waals surface area contributed by atoms with Crippen LogP contribution in [-0.4, -0.2) is 68.7 Å². The number of aromatic nitrogens is 4. The number of nitrogens with two attached hydrogens (primary N) is 1. The molecule has 2 atom stereocenters. The lowest BCUT2D eigenvalue weighted by Crippen LogP contribution is -2.42. The van der Waals surface area contributed by atoms with Gasteiger partial charge in [-0.25, -0.2) is 27.7 Å². The molecule has 4 aromatic rings. The molecule has 16 heteroatoms. The molecule has 3 N–H and O–H groups in total. The first-order valence-electron chi connectivity index (χ1n) is 11.8. The summed E-state index contributed by atoms with van der Waals surface area (Å²) in [4.78, 5) is 34.5. The second-order valence-corrected chi connectivity index (χ2v) is 9.06. The van der Waals surface area contributed by atoms with Crippen LogP contribution in [0.25, 0.3) is 16.8 Å². The second-order valence-electron chi connectivity index (χ2n) is 9.06. The highest BCUT2D eigenvalue weighted by atomic mass is 19.4. The third-order valence-electron chi connectivity index (χ3n) is 6.49. The van der Waals surface area contributed by atoms with Gasteiger partial charge in [0.25, 0.3) is 11.8 Å². The van der Waals surface area contributed by atoms with Crippen LogP contribution < -0.4 is 15.8 Å². The molecule has 0 aliphatic carbocycles. The summed E-state index contributed by atoms with van der Waals surface area (Å²) in [5, 5.41) is 6.29. The summed E-state index contributed by atoms with van der Waals surface area (Å²) in [6.45, 7) is -0.732. The largest absolute Gasteiger partial charge is 0.480 e. The minimum Gasteiger partial charge on any atom is -0.480 e. The van der Waals surface area contributed by atoms with Gasteiger partial charge in [-0.3, -0.25) is 9.59 Å². The lowest BCUT2D eigenvalue weighted by molar-refractivity contribution is -0.136. The van der Waals surface area contributed by atoms with Crippen LogP contribution in [0.3, 0.4) is 0 Å². The second kappa shape index (κ2) is 10.3. The minimum atomic E-state index is -4.80. The van der Waals surface area contributed by atoms with E-state index in [2.05, 4.69) is 20.4 Å². The number of halogens is 6. The molecular weight excluding hydrogens is 560 g/mol. The highest BCUT2D eigenvalue weighted by Gasteiger charge is 2.38. The number of ether oxygens (including phenoxy) is 1. The molecule has 2 amide bonds. The van der Waals surface area contributed by atoms with Crippen molar-refractivity contribution in [1.82, 2.24) is 29.8 Å². The monoisotopic (exact) mass is 579 g/mol. The maximum Gasteiger partial charge on any atom is 0.418 e. The maximum atomic E-state index is 14.9. The Morgan fingerprint density at radius 3 is 2.54 bits per heavy atom. The van der Waals surface area contributed by atoms with Crippen LogP contribution in [0.15, 0.2) is 42.9 Å². The fraction of sp³-hybridized carbons (Fsp3) is 0.240. The minimum absolute atomic E-state index is 0.0258. The molecule has 4 heterocycles. The van der Waals surface area contributed by atoms with Gasteiger partial charge in [-0.05, 0) is 30.3 Å². The van der Waals surface area contributed by atoms with Gasteiger partial charge in [0, 0.05) is 23.9 Å². The van der Waals surface area contributed by atoms with Crippen molar-refractivity contribution < 1.29 is 40.7 Å². The Kier molecular flexibility index (Phi) is 6.92. The van der Waals surface area contributed by atoms with Gasteiger partial charge in [-0.15, -0.1) is 0 Å². The van der Waals surface area contributed by atoms with Crippen LogP contribution >= 0.6 is 0 Å². The summed E-state index contributed by atoms with van der Waals surface area (Å²) in [7, 11) is 1.21. The smallest absolute Gasteiger partial charge is 0.418 e. The number of methoxy groups -OCH3 is 1. The summed E-state index contributed by atoms with van der Waals surface area (Å²) in [5.41, 5.74) is 3.55. The van der Waals surface area contributed by atoms with E-state index in [9.17, 15) is 35.9 Å². The first kappa shape index (κ1) is 27.7. The fourth-order valence-corrected chi connectivity index (χ4v) is 4.53. The van der Waals surface area contributed by atoms with Gasteiger partial charge in [0.05, 0.1) is 31.0 Å². The number of benzene rings is 1. The molecule has 0 spiro atoms. The molecule has 0 radical (unpaired) electrons.